The van der Waals surface area contributed by atoms with Crippen LogP contribution in [0.4, 0.5) is 0 Å². The second-order valence-electron chi connectivity index (χ2n) is 6.93. The normalized spacial score (nSPS) is 13.6. The number of fused-ring (bicyclic) bond motifs is 1. The summed E-state index contributed by atoms with van der Waals surface area (Å²) in [5, 5.41) is 5.88. The van der Waals surface area contributed by atoms with Gasteiger partial charge in [0.1, 0.15) is 5.75 Å². The van der Waals surface area contributed by atoms with Crippen molar-refractivity contribution in [2.75, 3.05) is 27.2 Å². The van der Waals surface area contributed by atoms with Crippen LogP contribution in [0.3, 0.4) is 0 Å². The van der Waals surface area contributed by atoms with E-state index in [1.54, 1.807) is 12.1 Å². The number of nitrogens with one attached hydrogen (secondary N) is 2. The van der Waals surface area contributed by atoms with Crippen LogP contribution < -0.4 is 15.4 Å². The predicted molar refractivity (Wildman–Crippen MR) is 108 cm³/mol. The SMILES string of the molecule is CN(C)C(CNC(=O)C(=O)NCc1ccccc1Cl)c1ccc2c(c1)CCO2. The Balaban J connectivity index is 1.56. The minimum Gasteiger partial charge on any atom is -0.493 e. The maximum absolute atomic E-state index is 12.2. The third-order valence-electron chi connectivity index (χ3n) is 4.78. The van der Waals surface area contributed by atoms with Crippen LogP contribution in [0.5, 0.6) is 5.75 Å². The second kappa shape index (κ2) is 9.08. The third-order valence-corrected chi connectivity index (χ3v) is 5.15. The number of carbonyl (C=O) groups is 2. The number of amides is 2. The van der Waals surface area contributed by atoms with Crippen molar-refractivity contribution in [2.24, 2.45) is 0 Å². The number of carbonyl (C=O) groups excluding carboxylic acids is 2. The summed E-state index contributed by atoms with van der Waals surface area (Å²) in [6.45, 7) is 1.23. The van der Waals surface area contributed by atoms with E-state index in [1.165, 1.54) is 5.56 Å². The zero-order chi connectivity index (χ0) is 20.1. The van der Waals surface area contributed by atoms with Crippen molar-refractivity contribution < 1.29 is 14.3 Å². The molecule has 6 nitrogen and oxygen atoms in total. The van der Waals surface area contributed by atoms with Gasteiger partial charge in [0, 0.05) is 24.5 Å². The Kier molecular flexibility index (Phi) is 6.54. The van der Waals surface area contributed by atoms with E-state index in [4.69, 9.17) is 16.3 Å². The molecule has 2 amide bonds. The summed E-state index contributed by atoms with van der Waals surface area (Å²) in [5.41, 5.74) is 3.01. The lowest BCUT2D eigenvalue weighted by Crippen LogP contribution is -2.42. The second-order valence-corrected chi connectivity index (χ2v) is 7.34. The zero-order valence-corrected chi connectivity index (χ0v) is 16.8. The molecule has 0 radical (unpaired) electrons. The van der Waals surface area contributed by atoms with Gasteiger partial charge in [-0.05, 0) is 42.9 Å². The maximum atomic E-state index is 12.2. The number of rotatable bonds is 6. The van der Waals surface area contributed by atoms with Gasteiger partial charge in [-0.1, -0.05) is 41.9 Å². The Morgan fingerprint density at radius 3 is 2.64 bits per heavy atom. The molecule has 2 aromatic carbocycles. The average Bonchev–Trinajstić information content (AvgIpc) is 3.14. The van der Waals surface area contributed by atoms with Crippen molar-refractivity contribution in [2.45, 2.75) is 19.0 Å². The first-order chi connectivity index (χ1) is 13.5. The molecule has 1 heterocycles. The van der Waals surface area contributed by atoms with Gasteiger partial charge in [-0.3, -0.25) is 9.59 Å². The first kappa shape index (κ1) is 20.2. The molecule has 0 aromatic heterocycles. The standard InChI is InChI=1S/C21H24ClN3O3/c1-25(2)18(14-7-8-19-15(11-14)9-10-28-19)13-24-21(27)20(26)23-12-16-5-3-4-6-17(16)22/h3-8,11,18H,9-10,12-13H2,1-2H3,(H,23,26)(H,24,27). The van der Waals surface area contributed by atoms with Gasteiger partial charge in [0.2, 0.25) is 0 Å². The molecule has 0 saturated carbocycles. The molecule has 28 heavy (non-hydrogen) atoms. The number of ether oxygens (including phenoxy) is 1. The highest BCUT2D eigenvalue weighted by Gasteiger charge is 2.21. The van der Waals surface area contributed by atoms with Crippen LogP contribution in [-0.2, 0) is 22.6 Å². The third kappa shape index (κ3) is 4.82. The van der Waals surface area contributed by atoms with Gasteiger partial charge in [0.15, 0.2) is 0 Å². The van der Waals surface area contributed by atoms with Crippen LogP contribution in [0, 0.1) is 0 Å². The summed E-state index contributed by atoms with van der Waals surface area (Å²) in [5.74, 6) is -0.424. The summed E-state index contributed by atoms with van der Waals surface area (Å²) in [6, 6.07) is 13.2. The van der Waals surface area contributed by atoms with E-state index in [0.29, 0.717) is 18.2 Å². The van der Waals surface area contributed by atoms with E-state index < -0.39 is 11.8 Å². The molecular formula is C21H24ClN3O3. The fraction of sp³-hybridized carbons (Fsp3) is 0.333. The molecule has 0 spiro atoms. The molecule has 2 aromatic rings. The number of hydrogen-bond donors (Lipinski definition) is 2. The van der Waals surface area contributed by atoms with E-state index in [2.05, 4.69) is 16.7 Å². The molecule has 1 unspecified atom stereocenters. The molecule has 0 aliphatic carbocycles. The molecule has 0 fully saturated rings. The number of nitrogens with zero attached hydrogens (tertiary/aromatic N) is 1. The van der Waals surface area contributed by atoms with Gasteiger partial charge in [-0.15, -0.1) is 0 Å². The lowest BCUT2D eigenvalue weighted by atomic mass is 10.0. The van der Waals surface area contributed by atoms with E-state index in [0.717, 1.165) is 23.3 Å². The molecule has 1 aliphatic rings. The van der Waals surface area contributed by atoms with E-state index in [-0.39, 0.29) is 12.6 Å². The van der Waals surface area contributed by atoms with Gasteiger partial charge < -0.3 is 20.3 Å². The largest absolute Gasteiger partial charge is 0.493 e. The molecule has 0 saturated heterocycles. The molecule has 1 aliphatic heterocycles. The summed E-state index contributed by atoms with van der Waals surface area (Å²) in [6.07, 6.45) is 0.889. The Labute approximate surface area is 169 Å². The summed E-state index contributed by atoms with van der Waals surface area (Å²) in [4.78, 5) is 26.3. The Bertz CT molecular complexity index is 870. The smallest absolute Gasteiger partial charge is 0.309 e. The Hall–Kier alpha value is -2.57. The molecule has 2 N–H and O–H groups in total. The highest BCUT2D eigenvalue weighted by molar-refractivity contribution is 6.35. The Morgan fingerprint density at radius 2 is 1.89 bits per heavy atom. The van der Waals surface area contributed by atoms with Crippen molar-refractivity contribution in [3.8, 4) is 5.75 Å². The predicted octanol–water partition coefficient (Wildman–Crippen LogP) is 2.31. The van der Waals surface area contributed by atoms with Crippen molar-refractivity contribution in [3.63, 3.8) is 0 Å². The van der Waals surface area contributed by atoms with Gasteiger partial charge >= 0.3 is 11.8 Å². The lowest BCUT2D eigenvalue weighted by molar-refractivity contribution is -0.139. The van der Waals surface area contributed by atoms with Gasteiger partial charge in [-0.2, -0.15) is 0 Å². The maximum Gasteiger partial charge on any atom is 0.309 e. The van der Waals surface area contributed by atoms with Gasteiger partial charge in [0.05, 0.1) is 12.6 Å². The highest BCUT2D eigenvalue weighted by Crippen LogP contribution is 2.29. The quantitative estimate of drug-likeness (QED) is 0.729. The first-order valence-corrected chi connectivity index (χ1v) is 9.55. The number of likely N-dealkylation sites (N-methyl/N-ethyl adjacent to an activating group) is 1. The fourth-order valence-electron chi connectivity index (χ4n) is 3.18. The van der Waals surface area contributed by atoms with E-state index in [9.17, 15) is 9.59 Å². The molecule has 0 bridgehead atoms. The van der Waals surface area contributed by atoms with Crippen molar-refractivity contribution >= 4 is 23.4 Å². The van der Waals surface area contributed by atoms with Gasteiger partial charge in [-0.25, -0.2) is 0 Å². The first-order valence-electron chi connectivity index (χ1n) is 9.17. The number of benzene rings is 2. The number of hydrogen-bond acceptors (Lipinski definition) is 4. The highest BCUT2D eigenvalue weighted by atomic mass is 35.5. The van der Waals surface area contributed by atoms with Crippen LogP contribution in [0.25, 0.3) is 0 Å². The van der Waals surface area contributed by atoms with Crippen molar-refractivity contribution in [1.29, 1.82) is 0 Å². The molecule has 148 valence electrons. The van der Waals surface area contributed by atoms with E-state index >= 15 is 0 Å². The summed E-state index contributed by atoms with van der Waals surface area (Å²) >= 11 is 6.07. The molecule has 3 rings (SSSR count). The van der Waals surface area contributed by atoms with E-state index in [1.807, 2.05) is 43.3 Å². The van der Waals surface area contributed by atoms with Crippen molar-refractivity contribution in [1.82, 2.24) is 15.5 Å². The lowest BCUT2D eigenvalue weighted by Gasteiger charge is -2.25. The minimum atomic E-state index is -0.681. The summed E-state index contributed by atoms with van der Waals surface area (Å²) in [7, 11) is 3.88. The molecular weight excluding hydrogens is 378 g/mol. The van der Waals surface area contributed by atoms with Crippen molar-refractivity contribution in [3.05, 3.63) is 64.2 Å². The monoisotopic (exact) mass is 401 g/mol. The Morgan fingerprint density at radius 1 is 1.14 bits per heavy atom. The minimum absolute atomic E-state index is 0.0498. The topological polar surface area (TPSA) is 70.7 Å². The van der Waals surface area contributed by atoms with Crippen LogP contribution in [0.15, 0.2) is 42.5 Å². The van der Waals surface area contributed by atoms with Gasteiger partial charge in [0.25, 0.3) is 0 Å². The average molecular weight is 402 g/mol. The molecule has 7 heteroatoms. The number of halogens is 1. The zero-order valence-electron chi connectivity index (χ0n) is 16.0. The van der Waals surface area contributed by atoms with Crippen LogP contribution in [-0.4, -0.2) is 44.0 Å². The molecule has 1 atom stereocenters. The van der Waals surface area contributed by atoms with Crippen LogP contribution >= 0.6 is 11.6 Å². The fourth-order valence-corrected chi connectivity index (χ4v) is 3.38. The summed E-state index contributed by atoms with van der Waals surface area (Å²) < 4.78 is 5.55. The van der Waals surface area contributed by atoms with Crippen LogP contribution in [0.2, 0.25) is 5.02 Å². The van der Waals surface area contributed by atoms with Crippen LogP contribution in [0.1, 0.15) is 22.7 Å².